The molecule has 0 saturated carbocycles. The van der Waals surface area contributed by atoms with Crippen LogP contribution in [0.3, 0.4) is 0 Å². The minimum absolute atomic E-state index is 0.483. The number of aryl methyl sites for hydroxylation is 1. The van der Waals surface area contributed by atoms with Crippen LogP contribution in [0.4, 0.5) is 0 Å². The molecule has 1 aromatic carbocycles. The van der Waals surface area contributed by atoms with Gasteiger partial charge in [0.1, 0.15) is 0 Å². The summed E-state index contributed by atoms with van der Waals surface area (Å²) in [5.41, 5.74) is 2.40. The van der Waals surface area contributed by atoms with Crippen LogP contribution >= 0.6 is 15.9 Å². The highest BCUT2D eigenvalue weighted by Crippen LogP contribution is 2.42. The van der Waals surface area contributed by atoms with Crippen molar-refractivity contribution >= 4 is 21.9 Å². The molecule has 114 valence electrons. The second-order valence-electron chi connectivity index (χ2n) is 6.37. The Bertz CT molecular complexity index is 550. The molecule has 0 amide bonds. The Morgan fingerprint density at radius 1 is 1.43 bits per heavy atom. The van der Waals surface area contributed by atoms with E-state index in [1.807, 2.05) is 6.92 Å². The van der Waals surface area contributed by atoms with Gasteiger partial charge in [0, 0.05) is 10.5 Å². The van der Waals surface area contributed by atoms with Gasteiger partial charge in [0.2, 0.25) is 0 Å². The van der Waals surface area contributed by atoms with Gasteiger partial charge >= 0.3 is 5.97 Å². The average molecular weight is 352 g/mol. The van der Waals surface area contributed by atoms with Crippen LogP contribution in [0.25, 0.3) is 0 Å². The number of likely N-dealkylation sites (tertiary alicyclic amines) is 1. The van der Waals surface area contributed by atoms with Crippen molar-refractivity contribution in [3.8, 4) is 0 Å². The van der Waals surface area contributed by atoms with Crippen molar-refractivity contribution in [2.24, 2.45) is 5.41 Å². The molecule has 2 aliphatic rings. The second kappa shape index (κ2) is 5.73. The Morgan fingerprint density at radius 2 is 2.14 bits per heavy atom. The molecule has 0 aromatic heterocycles. The molecule has 1 atom stereocenters. The molecular formula is C17H22BrNO2. The SMILES string of the molecule is CCC1(C(=O)O)CCN(C2CCc3cc(Br)ccc32)CC1. The van der Waals surface area contributed by atoms with Gasteiger partial charge in [-0.3, -0.25) is 9.69 Å². The van der Waals surface area contributed by atoms with Gasteiger partial charge in [-0.05, 0) is 68.5 Å². The predicted molar refractivity (Wildman–Crippen MR) is 86.4 cm³/mol. The number of nitrogens with zero attached hydrogens (tertiary/aromatic N) is 1. The Balaban J connectivity index is 1.73. The van der Waals surface area contributed by atoms with Crippen LogP contribution in [0.15, 0.2) is 22.7 Å². The van der Waals surface area contributed by atoms with Crippen molar-refractivity contribution in [1.29, 1.82) is 0 Å². The lowest BCUT2D eigenvalue weighted by atomic mass is 9.76. The maximum Gasteiger partial charge on any atom is 0.309 e. The fourth-order valence-electron chi connectivity index (χ4n) is 3.93. The van der Waals surface area contributed by atoms with Crippen LogP contribution < -0.4 is 0 Å². The van der Waals surface area contributed by atoms with Crippen LogP contribution in [0.1, 0.15) is 49.8 Å². The number of carboxylic acids is 1. The molecule has 0 radical (unpaired) electrons. The number of carbonyl (C=O) groups is 1. The Morgan fingerprint density at radius 3 is 2.76 bits per heavy atom. The van der Waals surface area contributed by atoms with Crippen LogP contribution in [0.2, 0.25) is 0 Å². The molecule has 0 bridgehead atoms. The number of hydrogen-bond acceptors (Lipinski definition) is 2. The third-order valence-corrected chi connectivity index (χ3v) is 5.97. The largest absolute Gasteiger partial charge is 0.481 e. The minimum Gasteiger partial charge on any atom is -0.481 e. The highest BCUT2D eigenvalue weighted by Gasteiger charge is 2.42. The van der Waals surface area contributed by atoms with Gasteiger partial charge in [0.15, 0.2) is 0 Å². The summed E-state index contributed by atoms with van der Waals surface area (Å²) in [6.45, 7) is 3.81. The number of benzene rings is 1. The highest BCUT2D eigenvalue weighted by atomic mass is 79.9. The summed E-state index contributed by atoms with van der Waals surface area (Å²) in [7, 11) is 0. The third-order valence-electron chi connectivity index (χ3n) is 5.48. The first-order valence-electron chi connectivity index (χ1n) is 7.81. The first kappa shape index (κ1) is 15.0. The number of halogens is 1. The van der Waals surface area contributed by atoms with Crippen molar-refractivity contribution in [2.75, 3.05) is 13.1 Å². The van der Waals surface area contributed by atoms with E-state index >= 15 is 0 Å². The van der Waals surface area contributed by atoms with E-state index in [0.717, 1.165) is 49.7 Å². The average Bonchev–Trinajstić information content (AvgIpc) is 2.90. The quantitative estimate of drug-likeness (QED) is 0.894. The lowest BCUT2D eigenvalue weighted by molar-refractivity contribution is -0.152. The summed E-state index contributed by atoms with van der Waals surface area (Å²) >= 11 is 3.54. The molecule has 1 N–H and O–H groups in total. The Kier molecular flexibility index (Phi) is 4.10. The lowest BCUT2D eigenvalue weighted by Crippen LogP contribution is -2.45. The van der Waals surface area contributed by atoms with Crippen LogP contribution in [-0.2, 0) is 11.2 Å². The number of carboxylic acid groups (broad SMARTS) is 1. The van der Waals surface area contributed by atoms with Crippen LogP contribution in [0, 0.1) is 5.41 Å². The standard InChI is InChI=1S/C17H22BrNO2/c1-2-17(16(20)21)7-9-19(10-8-17)15-6-3-12-11-13(18)4-5-14(12)15/h4-5,11,15H,2-3,6-10H2,1H3,(H,20,21). The van der Waals surface area contributed by atoms with Gasteiger partial charge in [-0.25, -0.2) is 0 Å². The maximum atomic E-state index is 11.5. The van der Waals surface area contributed by atoms with E-state index in [4.69, 9.17) is 0 Å². The van der Waals surface area contributed by atoms with Crippen molar-refractivity contribution in [1.82, 2.24) is 4.90 Å². The number of fused-ring (bicyclic) bond motifs is 1. The summed E-state index contributed by atoms with van der Waals surface area (Å²) in [6, 6.07) is 7.06. The number of piperidine rings is 1. The maximum absolute atomic E-state index is 11.5. The molecule has 1 heterocycles. The number of hydrogen-bond donors (Lipinski definition) is 1. The molecule has 1 saturated heterocycles. The van der Waals surface area contributed by atoms with E-state index in [0.29, 0.717) is 6.04 Å². The Labute approximate surface area is 134 Å². The zero-order valence-corrected chi connectivity index (χ0v) is 14.0. The normalized spacial score (nSPS) is 24.8. The third kappa shape index (κ3) is 2.64. The van der Waals surface area contributed by atoms with E-state index in [9.17, 15) is 9.90 Å². The molecule has 1 unspecified atom stereocenters. The zero-order valence-electron chi connectivity index (χ0n) is 12.4. The molecule has 3 nitrogen and oxygen atoms in total. The molecule has 1 aliphatic heterocycles. The summed E-state index contributed by atoms with van der Waals surface area (Å²) in [5, 5.41) is 9.50. The number of aliphatic carboxylic acids is 1. The van der Waals surface area contributed by atoms with Crippen molar-refractivity contribution in [3.63, 3.8) is 0 Å². The summed E-state index contributed by atoms with van der Waals surface area (Å²) < 4.78 is 1.15. The smallest absolute Gasteiger partial charge is 0.309 e. The summed E-state index contributed by atoms with van der Waals surface area (Å²) in [5.74, 6) is -0.611. The Hall–Kier alpha value is -0.870. The van der Waals surface area contributed by atoms with E-state index in [-0.39, 0.29) is 0 Å². The summed E-state index contributed by atoms with van der Waals surface area (Å²) in [6.07, 6.45) is 4.60. The van der Waals surface area contributed by atoms with Gasteiger partial charge in [0.25, 0.3) is 0 Å². The molecule has 21 heavy (non-hydrogen) atoms. The van der Waals surface area contributed by atoms with Crippen LogP contribution in [0.5, 0.6) is 0 Å². The van der Waals surface area contributed by atoms with E-state index in [2.05, 4.69) is 39.0 Å². The molecule has 3 rings (SSSR count). The predicted octanol–water partition coefficient (Wildman–Crippen LogP) is 4.01. The van der Waals surface area contributed by atoms with E-state index in [1.54, 1.807) is 0 Å². The second-order valence-corrected chi connectivity index (χ2v) is 7.29. The van der Waals surface area contributed by atoms with Crippen LogP contribution in [-0.4, -0.2) is 29.1 Å². The van der Waals surface area contributed by atoms with Crippen molar-refractivity contribution in [3.05, 3.63) is 33.8 Å². The van der Waals surface area contributed by atoms with Gasteiger partial charge < -0.3 is 5.11 Å². The molecule has 1 aliphatic carbocycles. The molecule has 0 spiro atoms. The summed E-state index contributed by atoms with van der Waals surface area (Å²) in [4.78, 5) is 14.0. The lowest BCUT2D eigenvalue weighted by Gasteiger charge is -2.41. The fraction of sp³-hybridized carbons (Fsp3) is 0.588. The van der Waals surface area contributed by atoms with Gasteiger partial charge in [-0.1, -0.05) is 28.9 Å². The zero-order chi connectivity index (χ0) is 15.0. The van der Waals surface area contributed by atoms with E-state index in [1.165, 1.54) is 11.1 Å². The van der Waals surface area contributed by atoms with Gasteiger partial charge in [-0.2, -0.15) is 0 Å². The minimum atomic E-state index is -0.611. The molecule has 4 heteroatoms. The van der Waals surface area contributed by atoms with Gasteiger partial charge in [-0.15, -0.1) is 0 Å². The fourth-order valence-corrected chi connectivity index (χ4v) is 4.33. The monoisotopic (exact) mass is 351 g/mol. The van der Waals surface area contributed by atoms with E-state index < -0.39 is 11.4 Å². The van der Waals surface area contributed by atoms with Gasteiger partial charge in [0.05, 0.1) is 5.41 Å². The molecular weight excluding hydrogens is 330 g/mol. The highest BCUT2D eigenvalue weighted by molar-refractivity contribution is 9.10. The number of rotatable bonds is 3. The van der Waals surface area contributed by atoms with Crippen molar-refractivity contribution in [2.45, 2.75) is 45.1 Å². The molecule has 1 fully saturated rings. The molecule has 1 aromatic rings. The first-order valence-corrected chi connectivity index (χ1v) is 8.61. The van der Waals surface area contributed by atoms with Crippen molar-refractivity contribution < 1.29 is 9.90 Å². The topological polar surface area (TPSA) is 40.5 Å². The first-order chi connectivity index (χ1) is 10.1.